The number of carbonyl (C=O) groups excluding carboxylic acids is 2. The van der Waals surface area contributed by atoms with Crippen molar-refractivity contribution in [3.8, 4) is 0 Å². The summed E-state index contributed by atoms with van der Waals surface area (Å²) < 4.78 is 6.19. The topological polar surface area (TPSA) is 116 Å². The zero-order valence-corrected chi connectivity index (χ0v) is 18.0. The largest absolute Gasteiger partial charge is 0.466 e. The molecule has 32 heavy (non-hydrogen) atoms. The van der Waals surface area contributed by atoms with Gasteiger partial charge in [-0.25, -0.2) is 9.67 Å². The van der Waals surface area contributed by atoms with Crippen LogP contribution in [0.25, 0.3) is 10.9 Å². The van der Waals surface area contributed by atoms with Crippen LogP contribution in [0.1, 0.15) is 28.5 Å². The second-order valence-electron chi connectivity index (χ2n) is 6.85. The minimum atomic E-state index is -0.360. The molecule has 10 heteroatoms. The number of thiazole rings is 1. The van der Waals surface area contributed by atoms with Gasteiger partial charge in [-0.3, -0.25) is 19.7 Å². The lowest BCUT2D eigenvalue weighted by Gasteiger charge is -2.06. The van der Waals surface area contributed by atoms with E-state index in [1.807, 2.05) is 0 Å². The van der Waals surface area contributed by atoms with Gasteiger partial charge in [0.2, 0.25) is 0 Å². The van der Waals surface area contributed by atoms with Crippen LogP contribution in [0.3, 0.4) is 0 Å². The molecule has 1 amide bonds. The molecule has 2 aromatic carbocycles. The maximum atomic E-state index is 12.6. The maximum Gasteiger partial charge on any atom is 0.311 e. The zero-order valence-electron chi connectivity index (χ0n) is 17.1. The van der Waals surface area contributed by atoms with Crippen molar-refractivity contribution in [1.82, 2.24) is 20.0 Å². The summed E-state index contributed by atoms with van der Waals surface area (Å²) in [5.41, 5.74) is 2.11. The SMILES string of the molecule is CCOC(=O)Cc1csc(NC(=O)c2ccc(Cn3nnc4ccccc4c3=O)cc2)n1. The Morgan fingerprint density at radius 1 is 1.12 bits per heavy atom. The number of amides is 1. The van der Waals surface area contributed by atoms with Gasteiger partial charge in [-0.2, -0.15) is 0 Å². The first-order valence-electron chi connectivity index (χ1n) is 9.86. The van der Waals surface area contributed by atoms with Gasteiger partial charge in [0.1, 0.15) is 5.52 Å². The number of carbonyl (C=O) groups is 2. The monoisotopic (exact) mass is 449 g/mol. The number of nitrogens with one attached hydrogen (secondary N) is 1. The fourth-order valence-electron chi connectivity index (χ4n) is 3.04. The Balaban J connectivity index is 1.41. The van der Waals surface area contributed by atoms with E-state index in [2.05, 4.69) is 20.6 Å². The molecule has 0 spiro atoms. The van der Waals surface area contributed by atoms with Crippen LogP contribution in [0.5, 0.6) is 0 Å². The number of hydrogen-bond donors (Lipinski definition) is 1. The van der Waals surface area contributed by atoms with Gasteiger partial charge in [-0.05, 0) is 36.8 Å². The number of anilines is 1. The van der Waals surface area contributed by atoms with Crippen molar-refractivity contribution in [2.24, 2.45) is 0 Å². The highest BCUT2D eigenvalue weighted by Gasteiger charge is 2.12. The van der Waals surface area contributed by atoms with Gasteiger partial charge in [0, 0.05) is 10.9 Å². The Kier molecular flexibility index (Phi) is 6.31. The van der Waals surface area contributed by atoms with Crippen molar-refractivity contribution in [3.05, 3.63) is 81.1 Å². The lowest BCUT2D eigenvalue weighted by molar-refractivity contribution is -0.142. The molecule has 4 aromatic rings. The molecule has 0 radical (unpaired) electrons. The molecule has 1 N–H and O–H groups in total. The number of nitrogens with zero attached hydrogens (tertiary/aromatic N) is 4. The van der Waals surface area contributed by atoms with Crippen LogP contribution >= 0.6 is 11.3 Å². The van der Waals surface area contributed by atoms with Gasteiger partial charge in [-0.15, -0.1) is 16.4 Å². The first kappa shape index (κ1) is 21.3. The van der Waals surface area contributed by atoms with E-state index in [4.69, 9.17) is 4.74 Å². The van der Waals surface area contributed by atoms with E-state index in [-0.39, 0.29) is 30.4 Å². The molecule has 2 heterocycles. The van der Waals surface area contributed by atoms with E-state index < -0.39 is 0 Å². The third-order valence-corrected chi connectivity index (χ3v) is 5.39. The standard InChI is InChI=1S/C22H19N5O4S/c1-2-31-19(28)11-16-13-32-22(23-16)24-20(29)15-9-7-14(8-10-15)12-27-21(30)17-5-3-4-6-18(17)25-26-27/h3-10,13H,2,11-12H2,1H3,(H,23,24,29). The smallest absolute Gasteiger partial charge is 0.311 e. The Morgan fingerprint density at radius 2 is 1.91 bits per heavy atom. The Labute approximate surface area is 186 Å². The Hall–Kier alpha value is -3.92. The molecule has 0 saturated heterocycles. The summed E-state index contributed by atoms with van der Waals surface area (Å²) in [6, 6.07) is 13.9. The molecule has 2 aromatic heterocycles. The van der Waals surface area contributed by atoms with Crippen molar-refractivity contribution >= 4 is 39.2 Å². The van der Waals surface area contributed by atoms with Gasteiger partial charge in [-0.1, -0.05) is 29.5 Å². The number of rotatable bonds is 7. The number of ether oxygens (including phenoxy) is 1. The number of fused-ring (bicyclic) bond motifs is 1. The van der Waals surface area contributed by atoms with Crippen LogP contribution in [-0.2, 0) is 22.5 Å². The summed E-state index contributed by atoms with van der Waals surface area (Å²) in [5.74, 6) is -0.683. The first-order chi connectivity index (χ1) is 15.5. The fraction of sp³-hybridized carbons (Fsp3) is 0.182. The van der Waals surface area contributed by atoms with E-state index in [0.717, 1.165) is 5.56 Å². The second kappa shape index (κ2) is 9.48. The first-order valence-corrected chi connectivity index (χ1v) is 10.7. The van der Waals surface area contributed by atoms with Crippen LogP contribution in [0.2, 0.25) is 0 Å². The zero-order chi connectivity index (χ0) is 22.5. The van der Waals surface area contributed by atoms with E-state index in [0.29, 0.717) is 33.9 Å². The van der Waals surface area contributed by atoms with E-state index in [1.165, 1.54) is 16.0 Å². The molecule has 9 nitrogen and oxygen atoms in total. The molecule has 0 bridgehead atoms. The third kappa shape index (κ3) is 4.86. The van der Waals surface area contributed by atoms with Gasteiger partial charge in [0.05, 0.1) is 30.7 Å². The lowest BCUT2D eigenvalue weighted by atomic mass is 10.1. The Bertz CT molecular complexity index is 1330. The van der Waals surface area contributed by atoms with Gasteiger partial charge >= 0.3 is 5.97 Å². The average molecular weight is 449 g/mol. The van der Waals surface area contributed by atoms with Crippen LogP contribution in [-0.4, -0.2) is 38.5 Å². The van der Waals surface area contributed by atoms with E-state index >= 15 is 0 Å². The summed E-state index contributed by atoms with van der Waals surface area (Å²) in [5, 5.41) is 13.4. The summed E-state index contributed by atoms with van der Waals surface area (Å²) in [6.07, 6.45) is 0.0614. The molecular formula is C22H19N5O4S. The number of esters is 1. The molecule has 0 fully saturated rings. The fourth-order valence-corrected chi connectivity index (χ4v) is 3.74. The summed E-state index contributed by atoms with van der Waals surface area (Å²) >= 11 is 1.24. The molecule has 0 aliphatic heterocycles. The van der Waals surface area contributed by atoms with Crippen LogP contribution in [0, 0.1) is 0 Å². The highest BCUT2D eigenvalue weighted by atomic mass is 32.1. The van der Waals surface area contributed by atoms with Crippen molar-refractivity contribution in [1.29, 1.82) is 0 Å². The maximum absolute atomic E-state index is 12.6. The van der Waals surface area contributed by atoms with Gasteiger partial charge in [0.15, 0.2) is 5.13 Å². The van der Waals surface area contributed by atoms with Crippen molar-refractivity contribution < 1.29 is 14.3 Å². The normalized spacial score (nSPS) is 10.8. The molecule has 0 unspecified atom stereocenters. The third-order valence-electron chi connectivity index (χ3n) is 4.58. The van der Waals surface area contributed by atoms with Gasteiger partial charge in [0.25, 0.3) is 11.5 Å². The molecule has 0 aliphatic rings. The minimum Gasteiger partial charge on any atom is -0.466 e. The van der Waals surface area contributed by atoms with Gasteiger partial charge < -0.3 is 4.74 Å². The highest BCUT2D eigenvalue weighted by Crippen LogP contribution is 2.17. The number of hydrogen-bond acceptors (Lipinski definition) is 8. The molecule has 0 saturated carbocycles. The van der Waals surface area contributed by atoms with Crippen LogP contribution in [0.4, 0.5) is 5.13 Å². The highest BCUT2D eigenvalue weighted by molar-refractivity contribution is 7.14. The van der Waals surface area contributed by atoms with Crippen molar-refractivity contribution in [3.63, 3.8) is 0 Å². The van der Waals surface area contributed by atoms with E-state index in [1.54, 1.807) is 60.8 Å². The molecule has 0 aliphatic carbocycles. The molecule has 0 atom stereocenters. The lowest BCUT2D eigenvalue weighted by Crippen LogP contribution is -2.24. The molecule has 162 valence electrons. The second-order valence-corrected chi connectivity index (χ2v) is 7.70. The van der Waals surface area contributed by atoms with Crippen molar-refractivity contribution in [2.45, 2.75) is 19.9 Å². The molecule has 4 rings (SSSR count). The quantitative estimate of drug-likeness (QED) is 0.431. The average Bonchev–Trinajstić information content (AvgIpc) is 3.23. The molecular weight excluding hydrogens is 430 g/mol. The van der Waals surface area contributed by atoms with Crippen molar-refractivity contribution in [2.75, 3.05) is 11.9 Å². The summed E-state index contributed by atoms with van der Waals surface area (Å²) in [7, 11) is 0. The van der Waals surface area contributed by atoms with E-state index in [9.17, 15) is 14.4 Å². The number of aromatic nitrogens is 4. The number of benzene rings is 2. The summed E-state index contributed by atoms with van der Waals surface area (Å²) in [4.78, 5) is 40.9. The predicted molar refractivity (Wildman–Crippen MR) is 120 cm³/mol. The van der Waals surface area contributed by atoms with Crippen LogP contribution < -0.4 is 10.9 Å². The Morgan fingerprint density at radius 3 is 2.69 bits per heavy atom. The minimum absolute atomic E-state index is 0.0614. The summed E-state index contributed by atoms with van der Waals surface area (Å²) in [6.45, 7) is 2.29. The van der Waals surface area contributed by atoms with Crippen LogP contribution in [0.15, 0.2) is 58.7 Å². The predicted octanol–water partition coefficient (Wildman–Crippen LogP) is 2.65.